The smallest absolute Gasteiger partial charge is 0.223 e. The number of hydrogen-bond acceptors (Lipinski definition) is 3. The lowest BCUT2D eigenvalue weighted by Crippen LogP contribution is -2.26. The summed E-state index contributed by atoms with van der Waals surface area (Å²) in [4.78, 5) is 10.7. The van der Waals surface area contributed by atoms with Gasteiger partial charge in [-0.2, -0.15) is 0 Å². The van der Waals surface area contributed by atoms with Crippen molar-refractivity contribution < 1.29 is 23.4 Å². The molecule has 0 fully saturated rings. The summed E-state index contributed by atoms with van der Waals surface area (Å²) in [6, 6.07) is 1.93. The molecule has 0 bridgehead atoms. The average molecular weight is 245 g/mol. The summed E-state index contributed by atoms with van der Waals surface area (Å²) in [5.74, 6) is -3.68. The molecule has 3 N–H and O–H groups in total. The van der Waals surface area contributed by atoms with Crippen molar-refractivity contribution in [2.45, 2.75) is 13.5 Å². The maximum Gasteiger partial charge on any atom is 0.223 e. The minimum Gasteiger partial charge on any atom is -0.487 e. The summed E-state index contributed by atoms with van der Waals surface area (Å²) in [6.45, 7) is 0.813. The highest BCUT2D eigenvalue weighted by Gasteiger charge is 2.15. The molecule has 0 spiro atoms. The standard InChI is InChI=1S/C11H13F2NO3/c1-6(11(14)16)5-17-10-8(12)2-7(4-15)3-9(10)13/h2-3,6,15H,4-5H2,1H3,(H2,14,16). The van der Waals surface area contributed by atoms with E-state index in [-0.39, 0.29) is 12.2 Å². The monoisotopic (exact) mass is 245 g/mol. The first-order valence-electron chi connectivity index (χ1n) is 4.96. The molecular weight excluding hydrogens is 232 g/mol. The Morgan fingerprint density at radius 1 is 1.47 bits per heavy atom. The topological polar surface area (TPSA) is 72.6 Å². The number of ether oxygens (including phenoxy) is 1. The van der Waals surface area contributed by atoms with Crippen molar-refractivity contribution in [1.82, 2.24) is 0 Å². The van der Waals surface area contributed by atoms with Crippen molar-refractivity contribution >= 4 is 5.91 Å². The normalized spacial score (nSPS) is 12.2. The van der Waals surface area contributed by atoms with E-state index in [4.69, 9.17) is 15.6 Å². The van der Waals surface area contributed by atoms with Gasteiger partial charge in [0.05, 0.1) is 19.1 Å². The van der Waals surface area contributed by atoms with Gasteiger partial charge in [0.15, 0.2) is 17.4 Å². The Hall–Kier alpha value is -1.69. The van der Waals surface area contributed by atoms with Gasteiger partial charge in [0.25, 0.3) is 0 Å². The van der Waals surface area contributed by atoms with Crippen LogP contribution in [-0.4, -0.2) is 17.6 Å². The highest BCUT2D eigenvalue weighted by molar-refractivity contribution is 5.76. The molecule has 1 amide bonds. The van der Waals surface area contributed by atoms with Gasteiger partial charge in [-0.3, -0.25) is 4.79 Å². The molecule has 0 aliphatic rings. The van der Waals surface area contributed by atoms with Crippen molar-refractivity contribution in [1.29, 1.82) is 0 Å². The van der Waals surface area contributed by atoms with Crippen molar-refractivity contribution in [3.63, 3.8) is 0 Å². The van der Waals surface area contributed by atoms with E-state index in [1.165, 1.54) is 6.92 Å². The van der Waals surface area contributed by atoms with E-state index in [1.54, 1.807) is 0 Å². The molecule has 1 rings (SSSR count). The molecule has 17 heavy (non-hydrogen) atoms. The van der Waals surface area contributed by atoms with Crippen LogP contribution in [0.4, 0.5) is 8.78 Å². The first-order valence-corrected chi connectivity index (χ1v) is 4.96. The van der Waals surface area contributed by atoms with Gasteiger partial charge in [0, 0.05) is 0 Å². The Morgan fingerprint density at radius 2 is 2.00 bits per heavy atom. The number of carbonyl (C=O) groups is 1. The highest BCUT2D eigenvalue weighted by atomic mass is 19.1. The molecule has 0 saturated heterocycles. The quantitative estimate of drug-likeness (QED) is 0.811. The van der Waals surface area contributed by atoms with E-state index >= 15 is 0 Å². The number of carbonyl (C=O) groups excluding carboxylic acids is 1. The Morgan fingerprint density at radius 3 is 2.41 bits per heavy atom. The molecule has 1 atom stereocenters. The van der Waals surface area contributed by atoms with E-state index in [0.717, 1.165) is 12.1 Å². The number of benzene rings is 1. The first-order chi connectivity index (χ1) is 7.95. The van der Waals surface area contributed by atoms with E-state index < -0.39 is 35.8 Å². The lowest BCUT2D eigenvalue weighted by Gasteiger charge is -2.12. The first kappa shape index (κ1) is 13.4. The zero-order valence-electron chi connectivity index (χ0n) is 9.24. The largest absolute Gasteiger partial charge is 0.487 e. The SMILES string of the molecule is CC(COc1c(F)cc(CO)cc1F)C(N)=O. The van der Waals surface area contributed by atoms with Gasteiger partial charge in [0.2, 0.25) is 5.91 Å². The Balaban J connectivity index is 2.81. The number of aliphatic hydroxyl groups is 1. The van der Waals surface area contributed by atoms with Gasteiger partial charge in [-0.05, 0) is 17.7 Å². The molecule has 0 aliphatic heterocycles. The van der Waals surface area contributed by atoms with Gasteiger partial charge < -0.3 is 15.6 Å². The zero-order chi connectivity index (χ0) is 13.0. The lowest BCUT2D eigenvalue weighted by molar-refractivity contribution is -0.122. The molecule has 94 valence electrons. The van der Waals surface area contributed by atoms with Gasteiger partial charge >= 0.3 is 0 Å². The third-order valence-electron chi connectivity index (χ3n) is 2.20. The molecule has 4 nitrogen and oxygen atoms in total. The molecule has 1 unspecified atom stereocenters. The van der Waals surface area contributed by atoms with E-state index in [9.17, 15) is 13.6 Å². The van der Waals surface area contributed by atoms with Crippen LogP contribution < -0.4 is 10.5 Å². The number of primary amides is 1. The molecule has 0 radical (unpaired) electrons. The van der Waals surface area contributed by atoms with Gasteiger partial charge in [-0.15, -0.1) is 0 Å². The van der Waals surface area contributed by atoms with Crippen molar-refractivity contribution in [2.24, 2.45) is 11.7 Å². The third kappa shape index (κ3) is 3.39. The fourth-order valence-corrected chi connectivity index (χ4v) is 1.13. The summed E-state index contributed by atoms with van der Waals surface area (Å²) in [7, 11) is 0. The summed E-state index contributed by atoms with van der Waals surface area (Å²) in [6.07, 6.45) is 0. The fraction of sp³-hybridized carbons (Fsp3) is 0.364. The molecule has 0 aliphatic carbocycles. The number of nitrogens with two attached hydrogens (primary N) is 1. The van der Waals surface area contributed by atoms with Gasteiger partial charge in [-0.25, -0.2) is 8.78 Å². The summed E-state index contributed by atoms with van der Waals surface area (Å²) < 4.78 is 31.6. The van der Waals surface area contributed by atoms with Crippen molar-refractivity contribution in [2.75, 3.05) is 6.61 Å². The van der Waals surface area contributed by atoms with Crippen molar-refractivity contribution in [3.05, 3.63) is 29.3 Å². The average Bonchev–Trinajstić information content (AvgIpc) is 2.27. The van der Waals surface area contributed by atoms with Crippen LogP contribution in [0.2, 0.25) is 0 Å². The van der Waals surface area contributed by atoms with Crippen LogP contribution in [-0.2, 0) is 11.4 Å². The van der Waals surface area contributed by atoms with Crippen LogP contribution in [0.1, 0.15) is 12.5 Å². The fourth-order valence-electron chi connectivity index (χ4n) is 1.13. The minimum atomic E-state index is -0.925. The van der Waals surface area contributed by atoms with E-state index in [1.807, 2.05) is 0 Å². The second-order valence-corrected chi connectivity index (χ2v) is 3.66. The number of hydrogen-bond donors (Lipinski definition) is 2. The molecule has 1 aromatic carbocycles. The summed E-state index contributed by atoms with van der Waals surface area (Å²) in [5.41, 5.74) is 5.09. The Kier molecular flexibility index (Phi) is 4.39. The Bertz CT molecular complexity index is 400. The van der Waals surface area contributed by atoms with Crippen LogP contribution in [0.25, 0.3) is 0 Å². The second-order valence-electron chi connectivity index (χ2n) is 3.66. The van der Waals surface area contributed by atoms with E-state index in [0.29, 0.717) is 0 Å². The van der Waals surface area contributed by atoms with Crippen LogP contribution in [0.5, 0.6) is 5.75 Å². The Labute approximate surface area is 97.0 Å². The van der Waals surface area contributed by atoms with Crippen LogP contribution >= 0.6 is 0 Å². The zero-order valence-corrected chi connectivity index (χ0v) is 9.24. The maximum absolute atomic E-state index is 13.4. The van der Waals surface area contributed by atoms with Crippen molar-refractivity contribution in [3.8, 4) is 5.75 Å². The van der Waals surface area contributed by atoms with Crippen LogP contribution in [0, 0.1) is 17.6 Å². The predicted octanol–water partition coefficient (Wildman–Crippen LogP) is 0.957. The predicted molar refractivity (Wildman–Crippen MR) is 56.1 cm³/mol. The van der Waals surface area contributed by atoms with Gasteiger partial charge in [0.1, 0.15) is 0 Å². The summed E-state index contributed by atoms with van der Waals surface area (Å²) in [5, 5.41) is 8.73. The number of rotatable bonds is 5. The lowest BCUT2D eigenvalue weighted by atomic mass is 10.2. The number of aliphatic hydroxyl groups excluding tert-OH is 1. The molecular formula is C11H13F2NO3. The molecule has 0 saturated carbocycles. The molecule has 1 aromatic rings. The van der Waals surface area contributed by atoms with E-state index in [2.05, 4.69) is 0 Å². The van der Waals surface area contributed by atoms with Crippen LogP contribution in [0.15, 0.2) is 12.1 Å². The van der Waals surface area contributed by atoms with Crippen LogP contribution in [0.3, 0.4) is 0 Å². The third-order valence-corrected chi connectivity index (χ3v) is 2.20. The van der Waals surface area contributed by atoms with Gasteiger partial charge in [-0.1, -0.05) is 6.92 Å². The number of amides is 1. The summed E-state index contributed by atoms with van der Waals surface area (Å²) >= 11 is 0. The minimum absolute atomic E-state index is 0.107. The maximum atomic E-state index is 13.4. The number of halogens is 2. The second kappa shape index (κ2) is 5.58. The highest BCUT2D eigenvalue weighted by Crippen LogP contribution is 2.23. The molecule has 6 heteroatoms. The molecule has 0 heterocycles. The molecule has 0 aromatic heterocycles.